The van der Waals surface area contributed by atoms with Gasteiger partial charge in [0.05, 0.1) is 6.61 Å². The van der Waals surface area contributed by atoms with Crippen molar-refractivity contribution in [2.24, 2.45) is 5.73 Å². The first kappa shape index (κ1) is 18.1. The van der Waals surface area contributed by atoms with Crippen molar-refractivity contribution in [1.82, 2.24) is 0 Å². The molecule has 0 saturated carbocycles. The minimum absolute atomic E-state index is 0. The van der Waals surface area contributed by atoms with Crippen LogP contribution in [-0.4, -0.2) is 12.6 Å². The molecule has 0 heterocycles. The van der Waals surface area contributed by atoms with Gasteiger partial charge in [-0.2, -0.15) is 0 Å². The zero-order chi connectivity index (χ0) is 15.1. The Morgan fingerprint density at radius 2 is 1.45 bits per heavy atom. The van der Waals surface area contributed by atoms with Gasteiger partial charge in [0, 0.05) is 17.2 Å². The molecule has 0 bridgehead atoms. The van der Waals surface area contributed by atoms with E-state index in [1.807, 2.05) is 50.2 Å². The zero-order valence-corrected chi connectivity index (χ0v) is 13.8. The summed E-state index contributed by atoms with van der Waals surface area (Å²) >= 11 is 0. The van der Waals surface area contributed by atoms with Crippen molar-refractivity contribution >= 4 is 12.4 Å². The molecule has 2 nitrogen and oxygen atoms in total. The summed E-state index contributed by atoms with van der Waals surface area (Å²) in [5.41, 5.74) is 9.04. The van der Waals surface area contributed by atoms with Crippen LogP contribution in [0.2, 0.25) is 0 Å². The summed E-state index contributed by atoms with van der Waals surface area (Å²) in [7, 11) is 0. The van der Waals surface area contributed by atoms with Crippen LogP contribution in [0.3, 0.4) is 0 Å². The van der Waals surface area contributed by atoms with Gasteiger partial charge in [0.25, 0.3) is 0 Å². The summed E-state index contributed by atoms with van der Waals surface area (Å²) < 4.78 is 5.41. The smallest absolute Gasteiger partial charge is 0.119 e. The van der Waals surface area contributed by atoms with Gasteiger partial charge in [0.2, 0.25) is 0 Å². The molecular weight excluding hydrogens is 294 g/mol. The standard InChI is InChI=1S/C19H21NO.ClH/c1-3-21-19-12-10-17(11-13-19)5-4-16-6-8-18(9-7-16)14-15(2)20;/h6-13,15H,3,14,20H2,1-2H3;1H. The van der Waals surface area contributed by atoms with Crippen LogP contribution in [0.5, 0.6) is 5.75 Å². The Hall–Kier alpha value is -1.95. The van der Waals surface area contributed by atoms with Crippen LogP contribution in [0.25, 0.3) is 0 Å². The minimum Gasteiger partial charge on any atom is -0.494 e. The summed E-state index contributed by atoms with van der Waals surface area (Å²) in [6, 6.07) is 16.3. The molecule has 0 saturated heterocycles. The molecule has 0 spiro atoms. The normalized spacial score (nSPS) is 10.9. The van der Waals surface area contributed by atoms with E-state index in [1.165, 1.54) is 5.56 Å². The van der Waals surface area contributed by atoms with Crippen LogP contribution in [0.1, 0.15) is 30.5 Å². The second-order valence-electron chi connectivity index (χ2n) is 5.09. The summed E-state index contributed by atoms with van der Waals surface area (Å²) in [5.74, 6) is 7.21. The summed E-state index contributed by atoms with van der Waals surface area (Å²) in [6.07, 6.45) is 0.895. The maximum absolute atomic E-state index is 5.79. The maximum atomic E-state index is 5.79. The molecule has 0 aliphatic carbocycles. The van der Waals surface area contributed by atoms with Gasteiger partial charge in [0.1, 0.15) is 5.75 Å². The highest BCUT2D eigenvalue weighted by atomic mass is 35.5. The van der Waals surface area contributed by atoms with Crippen LogP contribution >= 0.6 is 12.4 Å². The van der Waals surface area contributed by atoms with E-state index in [2.05, 4.69) is 24.0 Å². The molecule has 0 radical (unpaired) electrons. The topological polar surface area (TPSA) is 35.2 Å². The van der Waals surface area contributed by atoms with Gasteiger partial charge >= 0.3 is 0 Å². The molecule has 1 unspecified atom stereocenters. The molecule has 1 atom stereocenters. The average Bonchev–Trinajstić information content (AvgIpc) is 2.48. The Balaban J connectivity index is 0.00000242. The second-order valence-corrected chi connectivity index (χ2v) is 5.09. The van der Waals surface area contributed by atoms with E-state index in [0.717, 1.165) is 23.3 Å². The van der Waals surface area contributed by atoms with Crippen molar-refractivity contribution in [3.63, 3.8) is 0 Å². The highest BCUT2D eigenvalue weighted by molar-refractivity contribution is 5.85. The molecular formula is C19H22ClNO. The van der Waals surface area contributed by atoms with Crippen LogP contribution in [0.15, 0.2) is 48.5 Å². The molecule has 0 aliphatic rings. The monoisotopic (exact) mass is 315 g/mol. The molecule has 2 rings (SSSR count). The van der Waals surface area contributed by atoms with E-state index in [4.69, 9.17) is 10.5 Å². The van der Waals surface area contributed by atoms with Crippen LogP contribution in [0, 0.1) is 11.8 Å². The second kappa shape index (κ2) is 9.15. The molecule has 2 aromatic carbocycles. The Kier molecular flexibility index (Phi) is 7.52. The van der Waals surface area contributed by atoms with Gasteiger partial charge in [-0.25, -0.2) is 0 Å². The molecule has 116 valence electrons. The lowest BCUT2D eigenvalue weighted by molar-refractivity contribution is 0.340. The van der Waals surface area contributed by atoms with E-state index in [-0.39, 0.29) is 18.4 Å². The highest BCUT2D eigenvalue weighted by Crippen LogP contribution is 2.11. The first-order valence-electron chi connectivity index (χ1n) is 7.27. The molecule has 2 aromatic rings. The first-order chi connectivity index (χ1) is 10.2. The quantitative estimate of drug-likeness (QED) is 0.871. The third kappa shape index (κ3) is 5.81. The van der Waals surface area contributed by atoms with Crippen LogP contribution in [-0.2, 0) is 6.42 Å². The zero-order valence-electron chi connectivity index (χ0n) is 13.0. The number of halogens is 1. The van der Waals surface area contributed by atoms with Crippen molar-refractivity contribution in [2.75, 3.05) is 6.61 Å². The number of ether oxygens (including phenoxy) is 1. The van der Waals surface area contributed by atoms with Gasteiger partial charge in [-0.15, -0.1) is 12.4 Å². The largest absolute Gasteiger partial charge is 0.494 e. The van der Waals surface area contributed by atoms with Gasteiger partial charge in [-0.1, -0.05) is 24.0 Å². The van der Waals surface area contributed by atoms with Crippen molar-refractivity contribution < 1.29 is 4.74 Å². The van der Waals surface area contributed by atoms with Crippen molar-refractivity contribution in [2.45, 2.75) is 26.3 Å². The fraction of sp³-hybridized carbons (Fsp3) is 0.263. The number of hydrogen-bond donors (Lipinski definition) is 1. The van der Waals surface area contributed by atoms with Gasteiger partial charge in [0.15, 0.2) is 0 Å². The fourth-order valence-electron chi connectivity index (χ4n) is 2.04. The predicted molar refractivity (Wildman–Crippen MR) is 94.6 cm³/mol. The lowest BCUT2D eigenvalue weighted by Crippen LogP contribution is -2.17. The van der Waals surface area contributed by atoms with E-state index in [9.17, 15) is 0 Å². The highest BCUT2D eigenvalue weighted by Gasteiger charge is 1.97. The number of rotatable bonds is 4. The average molecular weight is 316 g/mol. The minimum atomic E-state index is 0. The third-order valence-electron chi connectivity index (χ3n) is 3.03. The number of nitrogens with two attached hydrogens (primary N) is 1. The molecule has 3 heteroatoms. The predicted octanol–water partition coefficient (Wildman–Crippen LogP) is 3.80. The summed E-state index contributed by atoms with van der Waals surface area (Å²) in [5, 5.41) is 0. The first-order valence-corrected chi connectivity index (χ1v) is 7.27. The Morgan fingerprint density at radius 1 is 0.955 bits per heavy atom. The maximum Gasteiger partial charge on any atom is 0.119 e. The molecule has 0 aliphatic heterocycles. The van der Waals surface area contributed by atoms with Crippen LogP contribution in [0.4, 0.5) is 0 Å². The van der Waals surface area contributed by atoms with Gasteiger partial charge in [-0.3, -0.25) is 0 Å². The number of hydrogen-bond acceptors (Lipinski definition) is 2. The van der Waals surface area contributed by atoms with Crippen molar-refractivity contribution in [3.05, 3.63) is 65.2 Å². The summed E-state index contributed by atoms with van der Waals surface area (Å²) in [6.45, 7) is 4.67. The van der Waals surface area contributed by atoms with E-state index < -0.39 is 0 Å². The summed E-state index contributed by atoms with van der Waals surface area (Å²) in [4.78, 5) is 0. The van der Waals surface area contributed by atoms with E-state index >= 15 is 0 Å². The Labute approximate surface area is 139 Å². The van der Waals surface area contributed by atoms with Crippen molar-refractivity contribution in [1.29, 1.82) is 0 Å². The van der Waals surface area contributed by atoms with E-state index in [1.54, 1.807) is 0 Å². The van der Waals surface area contributed by atoms with Crippen molar-refractivity contribution in [3.8, 4) is 17.6 Å². The molecule has 2 N–H and O–H groups in total. The third-order valence-corrected chi connectivity index (χ3v) is 3.03. The SMILES string of the molecule is CCOc1ccc(C#Cc2ccc(CC(C)N)cc2)cc1.Cl. The molecule has 22 heavy (non-hydrogen) atoms. The lowest BCUT2D eigenvalue weighted by atomic mass is 10.1. The van der Waals surface area contributed by atoms with E-state index in [0.29, 0.717) is 6.61 Å². The number of benzene rings is 2. The Morgan fingerprint density at radius 3 is 1.91 bits per heavy atom. The van der Waals surface area contributed by atoms with Gasteiger partial charge < -0.3 is 10.5 Å². The Bertz CT molecular complexity index is 621. The molecule has 0 amide bonds. The van der Waals surface area contributed by atoms with Gasteiger partial charge in [-0.05, 0) is 62.2 Å². The van der Waals surface area contributed by atoms with Crippen LogP contribution < -0.4 is 10.5 Å². The fourth-order valence-corrected chi connectivity index (χ4v) is 2.04. The molecule has 0 aromatic heterocycles. The molecule has 0 fully saturated rings. The lowest BCUT2D eigenvalue weighted by Gasteiger charge is -2.04.